The van der Waals surface area contributed by atoms with Gasteiger partial charge in [0.05, 0.1) is 11.6 Å². The maximum atomic E-state index is 13.8. The smallest absolute Gasteiger partial charge is 0.251 e. The lowest BCUT2D eigenvalue weighted by Gasteiger charge is -2.12. The standard InChI is InChI=1S/C16H14FNO2S/c1-11(15-5-3-9-21-15)18-16(20)13-7-6-12(4-2-8-19)14(17)10-13/h3,5-7,9-11,19H,8H2,1H3,(H,18,20). The number of carbonyl (C=O) groups is 1. The van der Waals surface area contributed by atoms with Gasteiger partial charge in [-0.2, -0.15) is 0 Å². The molecule has 0 aliphatic carbocycles. The van der Waals surface area contributed by atoms with Crippen molar-refractivity contribution in [3.8, 4) is 11.8 Å². The number of hydrogen-bond donors (Lipinski definition) is 2. The fourth-order valence-corrected chi connectivity index (χ4v) is 2.52. The zero-order valence-corrected chi connectivity index (χ0v) is 12.2. The van der Waals surface area contributed by atoms with E-state index in [2.05, 4.69) is 17.2 Å². The van der Waals surface area contributed by atoms with Crippen LogP contribution in [0.25, 0.3) is 0 Å². The van der Waals surface area contributed by atoms with Crippen molar-refractivity contribution in [3.05, 3.63) is 57.5 Å². The SMILES string of the molecule is CC(NC(=O)c1ccc(C#CCO)c(F)c1)c1cccs1. The Kier molecular flexibility index (Phi) is 5.09. The summed E-state index contributed by atoms with van der Waals surface area (Å²) in [6.45, 7) is 1.54. The summed E-state index contributed by atoms with van der Waals surface area (Å²) in [6.07, 6.45) is 0. The van der Waals surface area contributed by atoms with Crippen molar-refractivity contribution in [1.82, 2.24) is 5.32 Å². The first-order valence-electron chi connectivity index (χ1n) is 6.35. The predicted molar refractivity (Wildman–Crippen MR) is 80.6 cm³/mol. The average Bonchev–Trinajstić information content (AvgIpc) is 3.00. The second-order valence-corrected chi connectivity index (χ2v) is 5.34. The predicted octanol–water partition coefficient (Wildman–Crippen LogP) is 2.72. The Hall–Kier alpha value is -2.16. The largest absolute Gasteiger partial charge is 0.384 e. The van der Waals surface area contributed by atoms with E-state index in [4.69, 9.17) is 5.11 Å². The van der Waals surface area contributed by atoms with Crippen LogP contribution < -0.4 is 5.32 Å². The normalized spacial score (nSPS) is 11.4. The van der Waals surface area contributed by atoms with Gasteiger partial charge in [0.2, 0.25) is 0 Å². The molecular weight excluding hydrogens is 289 g/mol. The first-order chi connectivity index (χ1) is 10.1. The molecule has 1 atom stereocenters. The molecule has 0 saturated heterocycles. The van der Waals surface area contributed by atoms with Gasteiger partial charge in [-0.05, 0) is 36.6 Å². The number of nitrogens with one attached hydrogen (secondary N) is 1. The van der Waals surface area contributed by atoms with Crippen LogP contribution >= 0.6 is 11.3 Å². The van der Waals surface area contributed by atoms with E-state index in [-0.39, 0.29) is 29.7 Å². The molecule has 0 aliphatic rings. The van der Waals surface area contributed by atoms with Crippen molar-refractivity contribution in [1.29, 1.82) is 0 Å². The number of aliphatic hydroxyl groups is 1. The zero-order chi connectivity index (χ0) is 15.2. The topological polar surface area (TPSA) is 49.3 Å². The molecule has 2 rings (SSSR count). The van der Waals surface area contributed by atoms with E-state index in [1.807, 2.05) is 24.4 Å². The van der Waals surface area contributed by atoms with E-state index in [0.717, 1.165) is 10.9 Å². The van der Waals surface area contributed by atoms with Gasteiger partial charge in [-0.1, -0.05) is 17.9 Å². The first-order valence-corrected chi connectivity index (χ1v) is 7.23. The van der Waals surface area contributed by atoms with Crippen LogP contribution in [-0.2, 0) is 0 Å². The molecule has 0 bridgehead atoms. The Bertz CT molecular complexity index is 686. The lowest BCUT2D eigenvalue weighted by molar-refractivity contribution is 0.0940. The molecule has 0 aliphatic heterocycles. The number of aliphatic hydroxyl groups excluding tert-OH is 1. The molecule has 1 unspecified atom stereocenters. The molecule has 1 aromatic carbocycles. The molecular formula is C16H14FNO2S. The Balaban J connectivity index is 2.11. The summed E-state index contributed by atoms with van der Waals surface area (Å²) < 4.78 is 13.8. The van der Waals surface area contributed by atoms with Crippen molar-refractivity contribution in [2.24, 2.45) is 0 Å². The zero-order valence-electron chi connectivity index (χ0n) is 11.4. The first kappa shape index (κ1) is 15.2. The van der Waals surface area contributed by atoms with Crippen LogP contribution in [0.5, 0.6) is 0 Å². The summed E-state index contributed by atoms with van der Waals surface area (Å²) in [7, 11) is 0. The molecule has 0 saturated carbocycles. The summed E-state index contributed by atoms with van der Waals surface area (Å²) in [5.41, 5.74) is 0.400. The van der Waals surface area contributed by atoms with Crippen LogP contribution in [0.15, 0.2) is 35.7 Å². The van der Waals surface area contributed by atoms with Gasteiger partial charge in [0.15, 0.2) is 0 Å². The Morgan fingerprint density at radius 1 is 1.48 bits per heavy atom. The van der Waals surface area contributed by atoms with Crippen molar-refractivity contribution in [3.63, 3.8) is 0 Å². The Morgan fingerprint density at radius 3 is 2.90 bits per heavy atom. The molecule has 1 heterocycles. The maximum Gasteiger partial charge on any atom is 0.251 e. The van der Waals surface area contributed by atoms with E-state index < -0.39 is 5.82 Å². The van der Waals surface area contributed by atoms with Crippen LogP contribution in [0.3, 0.4) is 0 Å². The number of carbonyl (C=O) groups excluding carboxylic acids is 1. The van der Waals surface area contributed by atoms with Crippen LogP contribution in [-0.4, -0.2) is 17.6 Å². The van der Waals surface area contributed by atoms with Crippen molar-refractivity contribution < 1.29 is 14.3 Å². The van der Waals surface area contributed by atoms with E-state index >= 15 is 0 Å². The van der Waals surface area contributed by atoms with Gasteiger partial charge in [0.25, 0.3) is 5.91 Å². The highest BCUT2D eigenvalue weighted by atomic mass is 32.1. The molecule has 1 amide bonds. The lowest BCUT2D eigenvalue weighted by Crippen LogP contribution is -2.26. The molecule has 3 nitrogen and oxygen atoms in total. The molecule has 0 fully saturated rings. The average molecular weight is 303 g/mol. The number of thiophene rings is 1. The Labute approximate surface area is 126 Å². The fourth-order valence-electron chi connectivity index (χ4n) is 1.78. The van der Waals surface area contributed by atoms with Gasteiger partial charge in [-0.15, -0.1) is 11.3 Å². The summed E-state index contributed by atoms with van der Waals surface area (Å²) in [5.74, 6) is 3.94. The van der Waals surface area contributed by atoms with Crippen molar-refractivity contribution in [2.75, 3.05) is 6.61 Å². The lowest BCUT2D eigenvalue weighted by atomic mass is 10.1. The van der Waals surface area contributed by atoms with Crippen molar-refractivity contribution >= 4 is 17.2 Å². The molecule has 5 heteroatoms. The minimum Gasteiger partial charge on any atom is -0.384 e. The van der Waals surface area contributed by atoms with E-state index in [0.29, 0.717) is 0 Å². The third-order valence-electron chi connectivity index (χ3n) is 2.85. The van der Waals surface area contributed by atoms with Gasteiger partial charge in [-0.25, -0.2) is 4.39 Å². The molecule has 0 radical (unpaired) electrons. The molecule has 0 spiro atoms. The van der Waals surface area contributed by atoms with Gasteiger partial charge < -0.3 is 10.4 Å². The quantitative estimate of drug-likeness (QED) is 0.857. The minimum atomic E-state index is -0.577. The second-order valence-electron chi connectivity index (χ2n) is 4.37. The molecule has 108 valence electrons. The highest BCUT2D eigenvalue weighted by molar-refractivity contribution is 7.10. The Morgan fingerprint density at radius 2 is 2.29 bits per heavy atom. The van der Waals surface area contributed by atoms with E-state index in [9.17, 15) is 9.18 Å². The fraction of sp³-hybridized carbons (Fsp3) is 0.188. The van der Waals surface area contributed by atoms with Crippen molar-refractivity contribution in [2.45, 2.75) is 13.0 Å². The third kappa shape index (κ3) is 3.91. The van der Waals surface area contributed by atoms with Crippen LogP contribution in [0.1, 0.15) is 33.8 Å². The van der Waals surface area contributed by atoms with Gasteiger partial charge in [0, 0.05) is 10.4 Å². The number of benzene rings is 1. The summed E-state index contributed by atoms with van der Waals surface area (Å²) in [6, 6.07) is 7.82. The number of rotatable bonds is 3. The van der Waals surface area contributed by atoms with E-state index in [1.165, 1.54) is 12.1 Å². The molecule has 1 aromatic heterocycles. The monoisotopic (exact) mass is 303 g/mol. The van der Waals surface area contributed by atoms with Gasteiger partial charge in [-0.3, -0.25) is 4.79 Å². The summed E-state index contributed by atoms with van der Waals surface area (Å²) in [4.78, 5) is 13.1. The molecule has 2 N–H and O–H groups in total. The van der Waals surface area contributed by atoms with Gasteiger partial charge >= 0.3 is 0 Å². The highest BCUT2D eigenvalue weighted by Crippen LogP contribution is 2.19. The number of hydrogen-bond acceptors (Lipinski definition) is 3. The number of amides is 1. The second kappa shape index (κ2) is 7.02. The summed E-state index contributed by atoms with van der Waals surface area (Å²) in [5, 5.41) is 13.3. The molecule has 2 aromatic rings. The van der Waals surface area contributed by atoms with Crippen LogP contribution in [0.4, 0.5) is 4.39 Å². The number of halogens is 1. The van der Waals surface area contributed by atoms with Crippen LogP contribution in [0.2, 0.25) is 0 Å². The van der Waals surface area contributed by atoms with Crippen LogP contribution in [0, 0.1) is 17.7 Å². The minimum absolute atomic E-state index is 0.130. The third-order valence-corrected chi connectivity index (χ3v) is 3.91. The maximum absolute atomic E-state index is 13.8. The summed E-state index contributed by atoms with van der Waals surface area (Å²) >= 11 is 1.55. The highest BCUT2D eigenvalue weighted by Gasteiger charge is 2.13. The van der Waals surface area contributed by atoms with Gasteiger partial charge in [0.1, 0.15) is 12.4 Å². The van der Waals surface area contributed by atoms with E-state index in [1.54, 1.807) is 11.3 Å². The molecule has 21 heavy (non-hydrogen) atoms.